The van der Waals surface area contributed by atoms with Crippen LogP contribution in [-0.2, 0) is 6.54 Å². The Bertz CT molecular complexity index is 639. The van der Waals surface area contributed by atoms with Crippen molar-refractivity contribution in [2.24, 2.45) is 0 Å². The number of aromatic nitrogens is 1. The van der Waals surface area contributed by atoms with Crippen molar-refractivity contribution >= 4 is 5.91 Å². The number of aliphatic hydroxyl groups is 1. The maximum absolute atomic E-state index is 12.0. The maximum atomic E-state index is 12.0. The molecule has 1 aromatic heterocycles. The first-order chi connectivity index (χ1) is 9.70. The monoisotopic (exact) mass is 270 g/mol. The van der Waals surface area contributed by atoms with Gasteiger partial charge in [-0.1, -0.05) is 29.1 Å². The van der Waals surface area contributed by atoms with Crippen LogP contribution in [-0.4, -0.2) is 34.7 Å². The average Bonchev–Trinajstić information content (AvgIpc) is 2.98. The molecule has 0 bridgehead atoms. The van der Waals surface area contributed by atoms with Crippen molar-refractivity contribution in [3.05, 3.63) is 53.4 Å². The SMILES string of the molecule is CN(Cc1cccc(C#CCO)c1)C(=O)c1ccon1. The van der Waals surface area contributed by atoms with E-state index in [0.717, 1.165) is 11.1 Å². The largest absolute Gasteiger partial charge is 0.384 e. The van der Waals surface area contributed by atoms with E-state index in [0.29, 0.717) is 6.54 Å². The lowest BCUT2D eigenvalue weighted by Crippen LogP contribution is -2.26. The molecule has 1 amide bonds. The van der Waals surface area contributed by atoms with Gasteiger partial charge in [-0.15, -0.1) is 0 Å². The Morgan fingerprint density at radius 3 is 3.00 bits per heavy atom. The molecule has 0 atom stereocenters. The van der Waals surface area contributed by atoms with Gasteiger partial charge in [0.15, 0.2) is 5.69 Å². The van der Waals surface area contributed by atoms with Crippen LogP contribution in [0.1, 0.15) is 21.6 Å². The Hall–Kier alpha value is -2.58. The predicted molar refractivity (Wildman–Crippen MR) is 72.7 cm³/mol. The van der Waals surface area contributed by atoms with E-state index in [2.05, 4.69) is 21.5 Å². The summed E-state index contributed by atoms with van der Waals surface area (Å²) < 4.78 is 4.66. The number of hydrogen-bond donors (Lipinski definition) is 1. The molecule has 2 aromatic rings. The highest BCUT2D eigenvalue weighted by molar-refractivity contribution is 5.91. The Morgan fingerprint density at radius 2 is 2.30 bits per heavy atom. The molecule has 0 aliphatic carbocycles. The van der Waals surface area contributed by atoms with Crippen molar-refractivity contribution in [2.75, 3.05) is 13.7 Å². The van der Waals surface area contributed by atoms with E-state index in [-0.39, 0.29) is 18.2 Å². The molecule has 5 nitrogen and oxygen atoms in total. The fourth-order valence-corrected chi connectivity index (χ4v) is 1.75. The molecule has 0 fully saturated rings. The smallest absolute Gasteiger partial charge is 0.276 e. The third kappa shape index (κ3) is 3.46. The van der Waals surface area contributed by atoms with Crippen molar-refractivity contribution in [3.63, 3.8) is 0 Å². The Balaban J connectivity index is 2.08. The van der Waals surface area contributed by atoms with Crippen molar-refractivity contribution in [1.82, 2.24) is 10.1 Å². The van der Waals surface area contributed by atoms with Crippen LogP contribution in [0.5, 0.6) is 0 Å². The molecular weight excluding hydrogens is 256 g/mol. The Labute approximate surface area is 116 Å². The maximum Gasteiger partial charge on any atom is 0.276 e. The minimum absolute atomic E-state index is 0.172. The van der Waals surface area contributed by atoms with Gasteiger partial charge in [0, 0.05) is 25.2 Å². The standard InChI is InChI=1S/C15H14N2O3/c1-17(15(19)14-7-9-20-16-14)11-13-5-2-4-12(10-13)6-3-8-18/h2,4-5,7,9-10,18H,8,11H2,1H3. The normalized spacial score (nSPS) is 9.70. The number of hydrogen-bond acceptors (Lipinski definition) is 4. The molecule has 20 heavy (non-hydrogen) atoms. The highest BCUT2D eigenvalue weighted by Gasteiger charge is 2.14. The lowest BCUT2D eigenvalue weighted by atomic mass is 10.1. The molecule has 1 heterocycles. The Kier molecular flexibility index (Phi) is 4.53. The molecule has 0 saturated heterocycles. The second-order valence-corrected chi connectivity index (χ2v) is 4.21. The van der Waals surface area contributed by atoms with Crippen LogP contribution in [0.3, 0.4) is 0 Å². The predicted octanol–water partition coefficient (Wildman–Crippen LogP) is 1.29. The summed E-state index contributed by atoms with van der Waals surface area (Å²) in [5.74, 6) is 5.22. The summed E-state index contributed by atoms with van der Waals surface area (Å²) in [7, 11) is 1.70. The molecule has 1 aromatic carbocycles. The van der Waals surface area contributed by atoms with Crippen LogP contribution >= 0.6 is 0 Å². The third-order valence-corrected chi connectivity index (χ3v) is 2.66. The van der Waals surface area contributed by atoms with Crippen molar-refractivity contribution in [1.29, 1.82) is 0 Å². The topological polar surface area (TPSA) is 66.6 Å². The molecule has 0 aliphatic rings. The van der Waals surface area contributed by atoms with Crippen LogP contribution in [0.4, 0.5) is 0 Å². The summed E-state index contributed by atoms with van der Waals surface area (Å²) in [5.41, 5.74) is 2.04. The summed E-state index contributed by atoms with van der Waals surface area (Å²) in [6, 6.07) is 9.05. The van der Waals surface area contributed by atoms with Gasteiger partial charge in [-0.2, -0.15) is 0 Å². The van der Waals surface area contributed by atoms with Crippen LogP contribution in [0.2, 0.25) is 0 Å². The third-order valence-electron chi connectivity index (χ3n) is 2.66. The second-order valence-electron chi connectivity index (χ2n) is 4.21. The second kappa shape index (κ2) is 6.55. The molecule has 0 saturated carbocycles. The lowest BCUT2D eigenvalue weighted by Gasteiger charge is -2.15. The summed E-state index contributed by atoms with van der Waals surface area (Å²) in [6.45, 7) is 0.273. The molecule has 0 unspecified atom stereocenters. The average molecular weight is 270 g/mol. The van der Waals surface area contributed by atoms with Gasteiger partial charge >= 0.3 is 0 Å². The van der Waals surface area contributed by atoms with Crippen LogP contribution in [0, 0.1) is 11.8 Å². The van der Waals surface area contributed by atoms with Gasteiger partial charge in [-0.25, -0.2) is 0 Å². The minimum atomic E-state index is -0.203. The van der Waals surface area contributed by atoms with Crippen LogP contribution in [0.25, 0.3) is 0 Å². The van der Waals surface area contributed by atoms with Gasteiger partial charge in [0.25, 0.3) is 5.91 Å². The number of nitrogens with zero attached hydrogens (tertiary/aromatic N) is 2. The van der Waals surface area contributed by atoms with E-state index in [1.54, 1.807) is 11.9 Å². The number of carbonyl (C=O) groups excluding carboxylic acids is 1. The van der Waals surface area contributed by atoms with Crippen LogP contribution < -0.4 is 0 Å². The fraction of sp³-hybridized carbons (Fsp3) is 0.200. The van der Waals surface area contributed by atoms with Gasteiger partial charge in [0.05, 0.1) is 0 Å². The number of carbonyl (C=O) groups is 1. The van der Waals surface area contributed by atoms with Gasteiger partial charge in [-0.3, -0.25) is 4.79 Å². The summed E-state index contributed by atoms with van der Waals surface area (Å²) >= 11 is 0. The van der Waals surface area contributed by atoms with Crippen LogP contribution in [0.15, 0.2) is 41.1 Å². The van der Waals surface area contributed by atoms with Gasteiger partial charge < -0.3 is 14.5 Å². The van der Waals surface area contributed by atoms with E-state index < -0.39 is 0 Å². The molecule has 2 rings (SSSR count). The summed E-state index contributed by atoms with van der Waals surface area (Å²) in [4.78, 5) is 13.6. The van der Waals surface area contributed by atoms with E-state index in [1.165, 1.54) is 12.3 Å². The first-order valence-electron chi connectivity index (χ1n) is 6.05. The summed E-state index contributed by atoms with van der Waals surface area (Å²) in [5, 5.41) is 12.3. The minimum Gasteiger partial charge on any atom is -0.384 e. The quantitative estimate of drug-likeness (QED) is 0.853. The van der Waals surface area contributed by atoms with Crippen molar-refractivity contribution in [3.8, 4) is 11.8 Å². The fourth-order valence-electron chi connectivity index (χ4n) is 1.75. The van der Waals surface area contributed by atoms with Crippen molar-refractivity contribution < 1.29 is 14.4 Å². The highest BCUT2D eigenvalue weighted by Crippen LogP contribution is 2.09. The van der Waals surface area contributed by atoms with E-state index in [9.17, 15) is 4.79 Å². The summed E-state index contributed by atoms with van der Waals surface area (Å²) in [6.07, 6.45) is 1.37. The van der Waals surface area contributed by atoms with E-state index in [1.807, 2.05) is 24.3 Å². The number of benzene rings is 1. The zero-order valence-corrected chi connectivity index (χ0v) is 11.0. The molecule has 5 heteroatoms. The first-order valence-corrected chi connectivity index (χ1v) is 6.05. The number of aliphatic hydroxyl groups excluding tert-OH is 1. The molecule has 102 valence electrons. The zero-order valence-electron chi connectivity index (χ0n) is 11.0. The zero-order chi connectivity index (χ0) is 14.4. The first kappa shape index (κ1) is 13.8. The number of amides is 1. The van der Waals surface area contributed by atoms with E-state index in [4.69, 9.17) is 5.11 Å². The highest BCUT2D eigenvalue weighted by atomic mass is 16.5. The number of rotatable bonds is 3. The van der Waals surface area contributed by atoms with Crippen molar-refractivity contribution in [2.45, 2.75) is 6.54 Å². The van der Waals surface area contributed by atoms with Gasteiger partial charge in [-0.05, 0) is 17.7 Å². The van der Waals surface area contributed by atoms with Gasteiger partial charge in [0.2, 0.25) is 0 Å². The molecule has 0 aliphatic heterocycles. The Morgan fingerprint density at radius 1 is 1.45 bits per heavy atom. The lowest BCUT2D eigenvalue weighted by molar-refractivity contribution is 0.0774. The molecular formula is C15H14N2O3. The molecule has 0 radical (unpaired) electrons. The van der Waals surface area contributed by atoms with E-state index >= 15 is 0 Å². The molecule has 0 spiro atoms. The van der Waals surface area contributed by atoms with Gasteiger partial charge in [0.1, 0.15) is 12.9 Å². The molecule has 1 N–H and O–H groups in total.